The van der Waals surface area contributed by atoms with Crippen molar-refractivity contribution in [2.45, 2.75) is 20.8 Å². The number of nitrogens with one attached hydrogen (secondary N) is 1. The van der Waals surface area contributed by atoms with Gasteiger partial charge in [0.1, 0.15) is 5.75 Å². The minimum absolute atomic E-state index is 0.00233. The molecule has 1 rings (SSSR count). The normalized spacial score (nSPS) is 9.64. The molecule has 0 saturated heterocycles. The van der Waals surface area contributed by atoms with Gasteiger partial charge in [-0.3, -0.25) is 10.2 Å². The zero-order chi connectivity index (χ0) is 10.7. The van der Waals surface area contributed by atoms with Crippen molar-refractivity contribution in [3.63, 3.8) is 0 Å². The Labute approximate surface area is 83.2 Å². The average Bonchev–Trinajstić information content (AvgIpc) is 2.07. The first-order valence-electron chi connectivity index (χ1n) is 4.35. The van der Waals surface area contributed by atoms with Crippen molar-refractivity contribution < 1.29 is 9.53 Å². The Kier molecular flexibility index (Phi) is 3.02. The number of aryl methyl sites for hydroxylation is 1. The van der Waals surface area contributed by atoms with Crippen LogP contribution in [0.4, 0.5) is 0 Å². The molecule has 1 N–H and O–H groups in total. The first-order valence-corrected chi connectivity index (χ1v) is 4.35. The number of rotatable bonds is 2. The molecule has 0 unspecified atom stereocenters. The van der Waals surface area contributed by atoms with Gasteiger partial charge < -0.3 is 4.74 Å². The maximum atomic E-state index is 11.1. The van der Waals surface area contributed by atoms with Gasteiger partial charge >= 0.3 is 0 Å². The molecule has 0 saturated carbocycles. The highest BCUT2D eigenvalue weighted by atomic mass is 16.5. The summed E-state index contributed by atoms with van der Waals surface area (Å²) in [5.74, 6) is 0.691. The maximum absolute atomic E-state index is 11.1. The van der Waals surface area contributed by atoms with Crippen LogP contribution in [0.5, 0.6) is 5.75 Å². The quantitative estimate of drug-likeness (QED) is 0.443. The summed E-state index contributed by atoms with van der Waals surface area (Å²) in [5, 5.41) is 7.20. The largest absolute Gasteiger partial charge is 0.444 e. The van der Waals surface area contributed by atoms with Crippen LogP contribution in [0.2, 0.25) is 0 Å². The van der Waals surface area contributed by atoms with Crippen molar-refractivity contribution in [1.82, 2.24) is 0 Å². The van der Waals surface area contributed by atoms with Gasteiger partial charge in [-0.1, -0.05) is 12.1 Å². The molecule has 0 radical (unpaired) electrons. The van der Waals surface area contributed by atoms with Gasteiger partial charge in [-0.2, -0.15) is 0 Å². The number of hydrogen-bond donors (Lipinski definition) is 1. The SMILES string of the molecule is CC(=N)Oc1cc(C(C)=O)ccc1C. The number of Topliss-reactive ketones (excluding diaryl/α,β-unsaturated/α-hetero) is 1. The Morgan fingerprint density at radius 2 is 2.00 bits per heavy atom. The van der Waals surface area contributed by atoms with E-state index in [1.54, 1.807) is 19.1 Å². The molecular weight excluding hydrogens is 178 g/mol. The Hall–Kier alpha value is -1.64. The molecular formula is C11H13NO2. The van der Waals surface area contributed by atoms with E-state index in [0.29, 0.717) is 11.3 Å². The molecule has 14 heavy (non-hydrogen) atoms. The predicted molar refractivity (Wildman–Crippen MR) is 55.2 cm³/mol. The van der Waals surface area contributed by atoms with Crippen LogP contribution in [0.3, 0.4) is 0 Å². The van der Waals surface area contributed by atoms with E-state index in [2.05, 4.69) is 0 Å². The van der Waals surface area contributed by atoms with E-state index in [0.717, 1.165) is 5.56 Å². The van der Waals surface area contributed by atoms with Crippen molar-refractivity contribution in [1.29, 1.82) is 5.41 Å². The minimum atomic E-state index is -0.00233. The Morgan fingerprint density at radius 1 is 1.36 bits per heavy atom. The van der Waals surface area contributed by atoms with E-state index in [4.69, 9.17) is 10.1 Å². The van der Waals surface area contributed by atoms with Gasteiger partial charge in [-0.05, 0) is 25.5 Å². The number of carbonyl (C=O) groups is 1. The summed E-state index contributed by atoms with van der Waals surface area (Å²) in [6.07, 6.45) is 0. The van der Waals surface area contributed by atoms with Crippen LogP contribution in [-0.2, 0) is 0 Å². The van der Waals surface area contributed by atoms with Gasteiger partial charge in [0.15, 0.2) is 11.7 Å². The predicted octanol–water partition coefficient (Wildman–Crippen LogP) is 2.57. The second-order valence-electron chi connectivity index (χ2n) is 3.19. The van der Waals surface area contributed by atoms with Crippen molar-refractivity contribution in [3.05, 3.63) is 29.3 Å². The van der Waals surface area contributed by atoms with Gasteiger partial charge in [0.05, 0.1) is 0 Å². The fraction of sp³-hybridized carbons (Fsp3) is 0.273. The molecule has 0 fully saturated rings. The van der Waals surface area contributed by atoms with E-state index < -0.39 is 0 Å². The van der Waals surface area contributed by atoms with E-state index >= 15 is 0 Å². The van der Waals surface area contributed by atoms with Crippen LogP contribution in [0.25, 0.3) is 0 Å². The van der Waals surface area contributed by atoms with Crippen molar-refractivity contribution in [2.24, 2.45) is 0 Å². The third kappa shape index (κ3) is 2.42. The minimum Gasteiger partial charge on any atom is -0.444 e. The summed E-state index contributed by atoms with van der Waals surface area (Å²) >= 11 is 0. The molecule has 0 heterocycles. The van der Waals surface area contributed by atoms with E-state index in [9.17, 15) is 4.79 Å². The second-order valence-corrected chi connectivity index (χ2v) is 3.19. The third-order valence-corrected chi connectivity index (χ3v) is 1.86. The van der Waals surface area contributed by atoms with Gasteiger partial charge in [0.25, 0.3) is 0 Å². The van der Waals surface area contributed by atoms with Crippen LogP contribution in [0, 0.1) is 12.3 Å². The van der Waals surface area contributed by atoms with E-state index in [1.807, 2.05) is 13.0 Å². The summed E-state index contributed by atoms with van der Waals surface area (Å²) in [7, 11) is 0. The highest BCUT2D eigenvalue weighted by molar-refractivity contribution is 5.94. The summed E-state index contributed by atoms with van der Waals surface area (Å²) in [6, 6.07) is 5.23. The Morgan fingerprint density at radius 3 is 2.50 bits per heavy atom. The van der Waals surface area contributed by atoms with Crippen LogP contribution in [0.1, 0.15) is 29.8 Å². The monoisotopic (exact) mass is 191 g/mol. The molecule has 3 heteroatoms. The molecule has 1 aromatic carbocycles. The number of hydrogen-bond acceptors (Lipinski definition) is 3. The Bertz CT molecular complexity index is 383. The Balaban J connectivity index is 3.08. The lowest BCUT2D eigenvalue weighted by Gasteiger charge is -2.07. The highest BCUT2D eigenvalue weighted by Gasteiger charge is 2.05. The van der Waals surface area contributed by atoms with Crippen LogP contribution in [0.15, 0.2) is 18.2 Å². The zero-order valence-electron chi connectivity index (χ0n) is 8.55. The van der Waals surface area contributed by atoms with Gasteiger partial charge in [0, 0.05) is 12.5 Å². The van der Waals surface area contributed by atoms with Crippen LogP contribution in [-0.4, -0.2) is 11.7 Å². The standard InChI is InChI=1S/C11H13NO2/c1-7-4-5-10(8(2)13)6-11(7)14-9(3)12/h4-6,12H,1-3H3. The fourth-order valence-electron chi connectivity index (χ4n) is 1.09. The van der Waals surface area contributed by atoms with Crippen molar-refractivity contribution >= 4 is 11.7 Å². The highest BCUT2D eigenvalue weighted by Crippen LogP contribution is 2.19. The number of ether oxygens (including phenoxy) is 1. The molecule has 3 nitrogen and oxygen atoms in total. The lowest BCUT2D eigenvalue weighted by Crippen LogP contribution is -2.03. The lowest BCUT2D eigenvalue weighted by molar-refractivity contribution is 0.101. The molecule has 0 atom stereocenters. The second kappa shape index (κ2) is 4.05. The summed E-state index contributed by atoms with van der Waals surface area (Å²) in [5.41, 5.74) is 1.52. The molecule has 0 aromatic heterocycles. The topological polar surface area (TPSA) is 50.1 Å². The van der Waals surface area contributed by atoms with Gasteiger partial charge in [0.2, 0.25) is 0 Å². The van der Waals surface area contributed by atoms with E-state index in [1.165, 1.54) is 6.92 Å². The fourth-order valence-corrected chi connectivity index (χ4v) is 1.09. The maximum Gasteiger partial charge on any atom is 0.184 e. The average molecular weight is 191 g/mol. The van der Waals surface area contributed by atoms with E-state index in [-0.39, 0.29) is 11.7 Å². The van der Waals surface area contributed by atoms with Crippen molar-refractivity contribution in [2.75, 3.05) is 0 Å². The smallest absolute Gasteiger partial charge is 0.184 e. The van der Waals surface area contributed by atoms with Gasteiger partial charge in [-0.15, -0.1) is 0 Å². The number of ketones is 1. The molecule has 74 valence electrons. The lowest BCUT2D eigenvalue weighted by atomic mass is 10.1. The van der Waals surface area contributed by atoms with Crippen LogP contribution >= 0.6 is 0 Å². The summed E-state index contributed by atoms with van der Waals surface area (Å²) < 4.78 is 5.17. The van der Waals surface area contributed by atoms with Crippen molar-refractivity contribution in [3.8, 4) is 5.75 Å². The molecule has 0 spiro atoms. The zero-order valence-corrected chi connectivity index (χ0v) is 8.55. The number of carbonyl (C=O) groups excluding carboxylic acids is 1. The first kappa shape index (κ1) is 10.4. The number of benzene rings is 1. The summed E-state index contributed by atoms with van der Waals surface area (Å²) in [4.78, 5) is 11.1. The molecule has 0 amide bonds. The first-order chi connectivity index (χ1) is 6.50. The molecule has 0 aliphatic heterocycles. The molecule has 0 bridgehead atoms. The van der Waals surface area contributed by atoms with Crippen LogP contribution < -0.4 is 4.74 Å². The molecule has 0 aliphatic carbocycles. The molecule has 0 aliphatic rings. The van der Waals surface area contributed by atoms with Gasteiger partial charge in [-0.25, -0.2) is 0 Å². The third-order valence-electron chi connectivity index (χ3n) is 1.86. The molecule has 1 aromatic rings. The summed E-state index contributed by atoms with van der Waals surface area (Å²) in [6.45, 7) is 4.94.